The predicted octanol–water partition coefficient (Wildman–Crippen LogP) is -0.750. The summed E-state index contributed by atoms with van der Waals surface area (Å²) in [6.45, 7) is 2.23. The summed E-state index contributed by atoms with van der Waals surface area (Å²) in [5, 5.41) is 8.30. The highest BCUT2D eigenvalue weighted by atomic mass is 31.2. The Morgan fingerprint density at radius 2 is 2.17 bits per heavy atom. The first kappa shape index (κ1) is 11.2. The van der Waals surface area contributed by atoms with Gasteiger partial charge in [0.05, 0.1) is 6.61 Å². The lowest BCUT2D eigenvalue weighted by molar-refractivity contribution is -0.139. The number of aliphatic carboxylic acids is 1. The zero-order chi connectivity index (χ0) is 9.78. The third-order valence-corrected chi connectivity index (χ3v) is 1.39. The van der Waals surface area contributed by atoms with Crippen LogP contribution in [0.4, 0.5) is 0 Å². The van der Waals surface area contributed by atoms with Crippen molar-refractivity contribution in [2.24, 2.45) is 4.99 Å². The molecule has 0 aliphatic carbocycles. The van der Waals surface area contributed by atoms with Crippen molar-refractivity contribution >= 4 is 20.5 Å². The Balaban J connectivity index is 3.98. The topological polar surface area (TPSA) is 116 Å². The molecule has 7 nitrogen and oxygen atoms in total. The number of aliphatic imine (C=N–C) groups is 1. The van der Waals surface area contributed by atoms with Crippen LogP contribution in [0.3, 0.4) is 0 Å². The summed E-state index contributed by atoms with van der Waals surface area (Å²) in [4.78, 5) is 29.6. The van der Waals surface area contributed by atoms with E-state index in [0.29, 0.717) is 0 Å². The van der Waals surface area contributed by atoms with E-state index in [9.17, 15) is 9.36 Å². The predicted molar refractivity (Wildman–Crippen MR) is 39.0 cm³/mol. The number of hydrogen-bond donors (Lipinski definition) is 3. The SMILES string of the molecule is C=NC(COP(=O)(O)O)C(=O)O. The van der Waals surface area contributed by atoms with Crippen LogP contribution in [0.15, 0.2) is 4.99 Å². The number of nitrogens with zero attached hydrogens (tertiary/aromatic N) is 1. The van der Waals surface area contributed by atoms with Crippen LogP contribution >= 0.6 is 7.82 Å². The average Bonchev–Trinajstić information content (AvgIpc) is 1.85. The molecule has 70 valence electrons. The molecule has 0 aliphatic heterocycles. The van der Waals surface area contributed by atoms with Crippen molar-refractivity contribution in [3.8, 4) is 0 Å². The summed E-state index contributed by atoms with van der Waals surface area (Å²) < 4.78 is 14.0. The average molecular weight is 197 g/mol. The number of carbonyl (C=O) groups is 1. The van der Waals surface area contributed by atoms with Gasteiger partial charge in [-0.1, -0.05) is 0 Å². The zero-order valence-corrected chi connectivity index (χ0v) is 6.85. The van der Waals surface area contributed by atoms with Crippen molar-refractivity contribution in [1.29, 1.82) is 0 Å². The highest BCUT2D eigenvalue weighted by Gasteiger charge is 2.21. The molecule has 0 spiro atoms. The zero-order valence-electron chi connectivity index (χ0n) is 5.95. The first-order valence-electron chi connectivity index (χ1n) is 2.75. The van der Waals surface area contributed by atoms with Gasteiger partial charge in [-0.3, -0.25) is 9.52 Å². The molecule has 8 heteroatoms. The van der Waals surface area contributed by atoms with Crippen molar-refractivity contribution in [3.63, 3.8) is 0 Å². The molecular formula is C4H8NO6P. The van der Waals surface area contributed by atoms with Gasteiger partial charge in [-0.15, -0.1) is 0 Å². The lowest BCUT2D eigenvalue weighted by Gasteiger charge is -2.07. The third-order valence-electron chi connectivity index (χ3n) is 0.906. The van der Waals surface area contributed by atoms with Crippen molar-refractivity contribution in [2.45, 2.75) is 6.04 Å². The van der Waals surface area contributed by atoms with E-state index in [0.717, 1.165) is 0 Å². The van der Waals surface area contributed by atoms with Gasteiger partial charge >= 0.3 is 13.8 Å². The van der Waals surface area contributed by atoms with E-state index in [4.69, 9.17) is 14.9 Å². The van der Waals surface area contributed by atoms with Crippen molar-refractivity contribution in [1.82, 2.24) is 0 Å². The molecule has 0 aromatic carbocycles. The third kappa shape index (κ3) is 4.97. The minimum Gasteiger partial charge on any atom is -0.480 e. The smallest absolute Gasteiger partial charge is 0.469 e. The van der Waals surface area contributed by atoms with E-state index in [1.54, 1.807) is 0 Å². The quantitative estimate of drug-likeness (QED) is 0.394. The van der Waals surface area contributed by atoms with Gasteiger partial charge in [0.25, 0.3) is 0 Å². The molecule has 0 heterocycles. The van der Waals surface area contributed by atoms with Crippen LogP contribution in [0, 0.1) is 0 Å². The molecule has 0 aromatic heterocycles. The molecule has 0 bridgehead atoms. The lowest BCUT2D eigenvalue weighted by Crippen LogP contribution is -2.22. The monoisotopic (exact) mass is 197 g/mol. The van der Waals surface area contributed by atoms with Gasteiger partial charge in [0, 0.05) is 0 Å². The molecule has 0 aromatic rings. The molecule has 0 aliphatic rings. The summed E-state index contributed by atoms with van der Waals surface area (Å²) in [5.74, 6) is -1.35. The Kier molecular flexibility index (Phi) is 4.05. The molecular weight excluding hydrogens is 189 g/mol. The minimum absolute atomic E-state index is 0.691. The summed E-state index contributed by atoms with van der Waals surface area (Å²) in [6.07, 6.45) is 0. The van der Waals surface area contributed by atoms with Crippen LogP contribution in [0.1, 0.15) is 0 Å². The van der Waals surface area contributed by atoms with Crippen LogP contribution in [0.2, 0.25) is 0 Å². The Labute approximate surface area is 67.9 Å². The number of hydrogen-bond acceptors (Lipinski definition) is 4. The molecule has 0 saturated carbocycles. The molecule has 0 radical (unpaired) electrons. The van der Waals surface area contributed by atoms with Gasteiger partial charge in [-0.05, 0) is 6.72 Å². The van der Waals surface area contributed by atoms with Crippen LogP contribution in [0.25, 0.3) is 0 Å². The van der Waals surface area contributed by atoms with Gasteiger partial charge in [0.15, 0.2) is 6.04 Å². The van der Waals surface area contributed by atoms with E-state index in [1.807, 2.05) is 0 Å². The fraction of sp³-hybridized carbons (Fsp3) is 0.500. The highest BCUT2D eigenvalue weighted by Crippen LogP contribution is 2.35. The van der Waals surface area contributed by atoms with Crippen LogP contribution < -0.4 is 0 Å². The normalized spacial score (nSPS) is 13.8. The maximum atomic E-state index is 10.2. The van der Waals surface area contributed by atoms with Crippen LogP contribution in [-0.2, 0) is 13.9 Å². The summed E-state index contributed by atoms with van der Waals surface area (Å²) in [6, 6.07) is -1.35. The number of phosphoric acid groups is 1. The Morgan fingerprint density at radius 3 is 2.42 bits per heavy atom. The Hall–Kier alpha value is -0.750. The maximum Gasteiger partial charge on any atom is 0.469 e. The van der Waals surface area contributed by atoms with Gasteiger partial charge in [0.2, 0.25) is 0 Å². The van der Waals surface area contributed by atoms with E-state index in [2.05, 4.69) is 16.2 Å². The highest BCUT2D eigenvalue weighted by molar-refractivity contribution is 7.46. The molecule has 0 saturated heterocycles. The second-order valence-electron chi connectivity index (χ2n) is 1.82. The number of carboxylic acid groups (broad SMARTS) is 1. The standard InChI is InChI=1S/C4H8NO6P/c1-5-3(4(6)7)2-11-12(8,9)10/h3H,1-2H2,(H,6,7)(H2,8,9,10). The molecule has 0 amide bonds. The first-order chi connectivity index (χ1) is 5.37. The van der Waals surface area contributed by atoms with E-state index in [-0.39, 0.29) is 0 Å². The number of rotatable bonds is 5. The van der Waals surface area contributed by atoms with Gasteiger partial charge in [-0.2, -0.15) is 0 Å². The van der Waals surface area contributed by atoms with E-state index in [1.165, 1.54) is 0 Å². The largest absolute Gasteiger partial charge is 0.480 e. The molecule has 1 atom stereocenters. The van der Waals surface area contributed by atoms with Gasteiger partial charge in [-0.25, -0.2) is 9.36 Å². The maximum absolute atomic E-state index is 10.2. The van der Waals surface area contributed by atoms with E-state index >= 15 is 0 Å². The summed E-state index contributed by atoms with van der Waals surface area (Å²) >= 11 is 0. The van der Waals surface area contributed by atoms with Crippen molar-refractivity contribution < 1.29 is 28.8 Å². The lowest BCUT2D eigenvalue weighted by atomic mass is 10.3. The molecule has 12 heavy (non-hydrogen) atoms. The van der Waals surface area contributed by atoms with Crippen molar-refractivity contribution in [3.05, 3.63) is 0 Å². The van der Waals surface area contributed by atoms with E-state index < -0.39 is 26.4 Å². The molecule has 3 N–H and O–H groups in total. The van der Waals surface area contributed by atoms with Gasteiger partial charge in [0.1, 0.15) is 0 Å². The van der Waals surface area contributed by atoms with Crippen molar-refractivity contribution in [2.75, 3.05) is 6.61 Å². The summed E-state index contributed by atoms with van der Waals surface area (Å²) in [7, 11) is -4.62. The number of phosphoric ester groups is 1. The fourth-order valence-electron chi connectivity index (χ4n) is 0.370. The van der Waals surface area contributed by atoms with Gasteiger partial charge < -0.3 is 14.9 Å². The molecule has 0 rings (SSSR count). The Bertz CT molecular complexity index is 222. The molecule has 1 unspecified atom stereocenters. The van der Waals surface area contributed by atoms with Crippen LogP contribution in [0.5, 0.6) is 0 Å². The Morgan fingerprint density at radius 1 is 1.67 bits per heavy atom. The fourth-order valence-corrected chi connectivity index (χ4v) is 0.705. The second kappa shape index (κ2) is 4.32. The number of carboxylic acids is 1. The first-order valence-corrected chi connectivity index (χ1v) is 4.28. The summed E-state index contributed by atoms with van der Waals surface area (Å²) in [5.41, 5.74) is 0. The van der Waals surface area contributed by atoms with Crippen LogP contribution in [-0.4, -0.2) is 40.2 Å². The minimum atomic E-state index is -4.62. The second-order valence-corrected chi connectivity index (χ2v) is 3.06. The molecule has 0 fully saturated rings.